The van der Waals surface area contributed by atoms with Crippen LogP contribution in [0.5, 0.6) is 5.75 Å². The second kappa shape index (κ2) is 9.09. The molecule has 0 spiro atoms. The van der Waals surface area contributed by atoms with Gasteiger partial charge in [0, 0.05) is 28.8 Å². The zero-order chi connectivity index (χ0) is 19.2. The van der Waals surface area contributed by atoms with Gasteiger partial charge in [-0.2, -0.15) is 0 Å². The van der Waals surface area contributed by atoms with Gasteiger partial charge in [-0.1, -0.05) is 28.1 Å². The smallest absolute Gasteiger partial charge is 0.333 e. The fraction of sp³-hybridized carbons (Fsp3) is 0.318. The highest BCUT2D eigenvalue weighted by Crippen LogP contribution is 2.31. The van der Waals surface area contributed by atoms with E-state index in [0.717, 1.165) is 59.4 Å². The molecule has 0 fully saturated rings. The summed E-state index contributed by atoms with van der Waals surface area (Å²) < 4.78 is 11.2. The van der Waals surface area contributed by atoms with Gasteiger partial charge in [-0.05, 0) is 66.8 Å². The maximum atomic E-state index is 12.1. The molecule has 3 rings (SSSR count). The number of halogens is 1. The number of fused-ring (bicyclic) bond motifs is 1. The summed E-state index contributed by atoms with van der Waals surface area (Å²) in [6.45, 7) is 1.74. The number of nitrogens with zero attached hydrogens (tertiary/aromatic N) is 1. The van der Waals surface area contributed by atoms with Crippen LogP contribution < -0.4 is 9.64 Å². The Balaban J connectivity index is 1.96. The van der Waals surface area contributed by atoms with Crippen LogP contribution in [0.25, 0.3) is 6.08 Å². The van der Waals surface area contributed by atoms with Gasteiger partial charge >= 0.3 is 5.97 Å². The number of hydrogen-bond donors (Lipinski definition) is 0. The molecule has 0 aliphatic carbocycles. The van der Waals surface area contributed by atoms with E-state index in [4.69, 9.17) is 9.47 Å². The summed E-state index contributed by atoms with van der Waals surface area (Å²) in [6.07, 6.45) is 4.67. The van der Waals surface area contributed by atoms with Crippen molar-refractivity contribution in [3.05, 3.63) is 63.6 Å². The average Bonchev–Trinajstić information content (AvgIpc) is 2.77. The van der Waals surface area contributed by atoms with Crippen LogP contribution in [-0.4, -0.2) is 26.7 Å². The number of ether oxygens (including phenoxy) is 2. The van der Waals surface area contributed by atoms with Gasteiger partial charge in [-0.25, -0.2) is 4.79 Å². The van der Waals surface area contributed by atoms with E-state index in [1.807, 2.05) is 24.3 Å². The molecule has 1 aliphatic rings. The van der Waals surface area contributed by atoms with Crippen molar-refractivity contribution < 1.29 is 14.3 Å². The van der Waals surface area contributed by atoms with E-state index in [-0.39, 0.29) is 5.97 Å². The summed E-state index contributed by atoms with van der Waals surface area (Å²) >= 11 is 3.55. The second-order valence-corrected chi connectivity index (χ2v) is 7.51. The molecule has 5 heteroatoms. The molecule has 0 amide bonds. The highest BCUT2D eigenvalue weighted by Gasteiger charge is 2.17. The number of methoxy groups -OCH3 is 2. The Hall–Kier alpha value is -2.27. The molecule has 2 aromatic carbocycles. The minimum atomic E-state index is -0.246. The number of esters is 1. The van der Waals surface area contributed by atoms with Crippen molar-refractivity contribution in [3.8, 4) is 5.75 Å². The molecule has 1 aliphatic heterocycles. The van der Waals surface area contributed by atoms with Gasteiger partial charge in [0.05, 0.1) is 14.2 Å². The number of carbonyl (C=O) groups excluding carboxylic acids is 1. The Bertz CT molecular complexity index is 830. The first-order valence-electron chi connectivity index (χ1n) is 9.07. The SMILES string of the molecule is COC(=O)/C1=C\c2cc(Br)ccc2N(Cc2ccc(OC)cc2)CCCC1. The quantitative estimate of drug-likeness (QED) is 0.625. The summed E-state index contributed by atoms with van der Waals surface area (Å²) in [4.78, 5) is 14.5. The largest absolute Gasteiger partial charge is 0.497 e. The maximum absolute atomic E-state index is 12.1. The molecule has 0 N–H and O–H groups in total. The van der Waals surface area contributed by atoms with Crippen molar-refractivity contribution in [1.82, 2.24) is 0 Å². The minimum Gasteiger partial charge on any atom is -0.497 e. The van der Waals surface area contributed by atoms with E-state index in [0.29, 0.717) is 0 Å². The molecule has 0 atom stereocenters. The Morgan fingerprint density at radius 2 is 1.89 bits per heavy atom. The van der Waals surface area contributed by atoms with E-state index < -0.39 is 0 Å². The van der Waals surface area contributed by atoms with Gasteiger partial charge in [0.15, 0.2) is 0 Å². The zero-order valence-electron chi connectivity index (χ0n) is 15.7. The van der Waals surface area contributed by atoms with Gasteiger partial charge in [-0.15, -0.1) is 0 Å². The molecule has 0 saturated heterocycles. The number of benzene rings is 2. The number of hydrogen-bond acceptors (Lipinski definition) is 4. The van der Waals surface area contributed by atoms with Crippen LogP contribution in [-0.2, 0) is 16.1 Å². The molecule has 1 heterocycles. The Morgan fingerprint density at radius 3 is 2.59 bits per heavy atom. The van der Waals surface area contributed by atoms with Crippen LogP contribution in [0.1, 0.15) is 30.4 Å². The zero-order valence-corrected chi connectivity index (χ0v) is 17.3. The fourth-order valence-electron chi connectivity index (χ4n) is 3.34. The van der Waals surface area contributed by atoms with Crippen LogP contribution in [0.15, 0.2) is 52.5 Å². The maximum Gasteiger partial charge on any atom is 0.333 e. The van der Waals surface area contributed by atoms with Crippen molar-refractivity contribution in [2.75, 3.05) is 25.7 Å². The van der Waals surface area contributed by atoms with Crippen molar-refractivity contribution in [2.45, 2.75) is 25.8 Å². The van der Waals surface area contributed by atoms with E-state index in [1.54, 1.807) is 7.11 Å². The molecule has 142 valence electrons. The summed E-state index contributed by atoms with van der Waals surface area (Å²) in [5, 5.41) is 0. The topological polar surface area (TPSA) is 38.8 Å². The lowest BCUT2D eigenvalue weighted by Gasteiger charge is -2.26. The van der Waals surface area contributed by atoms with Crippen LogP contribution >= 0.6 is 15.9 Å². The van der Waals surface area contributed by atoms with Crippen molar-refractivity contribution in [3.63, 3.8) is 0 Å². The first-order chi connectivity index (χ1) is 13.1. The number of anilines is 1. The van der Waals surface area contributed by atoms with Crippen LogP contribution in [0, 0.1) is 0 Å². The summed E-state index contributed by atoms with van der Waals surface area (Å²) in [7, 11) is 3.11. The number of rotatable bonds is 4. The fourth-order valence-corrected chi connectivity index (χ4v) is 3.71. The lowest BCUT2D eigenvalue weighted by molar-refractivity contribution is -0.136. The van der Waals surface area contributed by atoms with E-state index in [1.165, 1.54) is 12.7 Å². The van der Waals surface area contributed by atoms with Crippen molar-refractivity contribution in [1.29, 1.82) is 0 Å². The van der Waals surface area contributed by atoms with E-state index >= 15 is 0 Å². The van der Waals surface area contributed by atoms with Crippen molar-refractivity contribution >= 4 is 33.7 Å². The lowest BCUT2D eigenvalue weighted by Crippen LogP contribution is -2.24. The lowest BCUT2D eigenvalue weighted by atomic mass is 10.0. The first-order valence-corrected chi connectivity index (χ1v) is 9.86. The molecule has 2 aromatic rings. The predicted octanol–water partition coefficient (Wildman–Crippen LogP) is 5.20. The molecule has 4 nitrogen and oxygen atoms in total. The van der Waals surface area contributed by atoms with Crippen LogP contribution in [0.4, 0.5) is 5.69 Å². The molecular weight excluding hydrogens is 406 g/mol. The minimum absolute atomic E-state index is 0.246. The Labute approximate surface area is 168 Å². The molecule has 27 heavy (non-hydrogen) atoms. The third kappa shape index (κ3) is 4.92. The standard InChI is InChI=1S/C22H24BrNO3/c1-26-20-9-6-16(7-10-20)15-24-12-4-3-5-17(22(25)27-2)13-18-14-19(23)8-11-21(18)24/h6-11,13-14H,3-5,12,15H2,1-2H3/b17-13-. The molecular formula is C22H24BrNO3. The highest BCUT2D eigenvalue weighted by atomic mass is 79.9. The van der Waals surface area contributed by atoms with Gasteiger partial charge in [0.1, 0.15) is 5.75 Å². The Kier molecular flexibility index (Phi) is 6.56. The molecule has 0 aromatic heterocycles. The second-order valence-electron chi connectivity index (χ2n) is 6.59. The highest BCUT2D eigenvalue weighted by molar-refractivity contribution is 9.10. The molecule has 0 radical (unpaired) electrons. The van der Waals surface area contributed by atoms with E-state index in [2.05, 4.69) is 45.1 Å². The first kappa shape index (κ1) is 19.5. The Morgan fingerprint density at radius 1 is 1.11 bits per heavy atom. The molecule has 0 unspecified atom stereocenters. The number of carbonyl (C=O) groups is 1. The van der Waals surface area contributed by atoms with Gasteiger partial charge in [0.2, 0.25) is 0 Å². The van der Waals surface area contributed by atoms with Gasteiger partial charge in [0.25, 0.3) is 0 Å². The monoisotopic (exact) mass is 429 g/mol. The third-order valence-corrected chi connectivity index (χ3v) is 5.26. The summed E-state index contributed by atoms with van der Waals surface area (Å²) in [6, 6.07) is 14.4. The third-order valence-electron chi connectivity index (χ3n) is 4.76. The molecule has 0 saturated carbocycles. The molecule has 0 bridgehead atoms. The summed E-state index contributed by atoms with van der Waals surface area (Å²) in [5.74, 6) is 0.614. The van der Waals surface area contributed by atoms with Gasteiger partial charge in [-0.3, -0.25) is 0 Å². The van der Waals surface area contributed by atoms with Gasteiger partial charge < -0.3 is 14.4 Å². The average molecular weight is 430 g/mol. The van der Waals surface area contributed by atoms with E-state index in [9.17, 15) is 4.79 Å². The van der Waals surface area contributed by atoms with Crippen LogP contribution in [0.2, 0.25) is 0 Å². The van der Waals surface area contributed by atoms with Crippen LogP contribution in [0.3, 0.4) is 0 Å². The van der Waals surface area contributed by atoms with Crippen molar-refractivity contribution in [2.24, 2.45) is 0 Å². The normalized spacial score (nSPS) is 16.3. The summed E-state index contributed by atoms with van der Waals surface area (Å²) in [5.41, 5.74) is 4.10. The predicted molar refractivity (Wildman–Crippen MR) is 112 cm³/mol.